The second-order valence-corrected chi connectivity index (χ2v) is 15.6. The topological polar surface area (TPSA) is 77.3 Å². The zero-order chi connectivity index (χ0) is 37.0. The van der Waals surface area contributed by atoms with Gasteiger partial charge in [-0.1, -0.05) is 146 Å². The Hall–Kier alpha value is -7.00. The van der Waals surface area contributed by atoms with Gasteiger partial charge in [-0.2, -0.15) is 0 Å². The zero-order valence-corrected chi connectivity index (χ0v) is 31.3. The van der Waals surface area contributed by atoms with Gasteiger partial charge in [-0.15, -0.1) is 22.7 Å². The molecule has 0 bridgehead atoms. The quantitative estimate of drug-likeness (QED) is 0.168. The Morgan fingerprint density at radius 3 is 1.20 bits per heavy atom. The van der Waals surface area contributed by atoms with E-state index in [4.69, 9.17) is 29.9 Å². The summed E-state index contributed by atoms with van der Waals surface area (Å²) in [6, 6.07) is 58.1. The summed E-state index contributed by atoms with van der Waals surface area (Å²) in [4.78, 5) is 30.5. The SMILES string of the molecule is c1ccc(-c2nc(-c3ccccc3)nc(-c3ccc4c(c3)sc3cccc(-c5nc(-c6ccccc6)nc(-c6cccc7sc8ccccc8c67)n5)c34)n2)cc1. The van der Waals surface area contributed by atoms with Crippen molar-refractivity contribution in [3.05, 3.63) is 170 Å². The van der Waals surface area contributed by atoms with Crippen molar-refractivity contribution >= 4 is 63.0 Å². The first kappa shape index (κ1) is 32.4. The Labute approximate surface area is 329 Å². The summed E-state index contributed by atoms with van der Waals surface area (Å²) in [5, 5.41) is 4.61. The van der Waals surface area contributed by atoms with Crippen LogP contribution in [0.5, 0.6) is 0 Å². The highest BCUT2D eigenvalue weighted by Crippen LogP contribution is 2.43. The van der Waals surface area contributed by atoms with E-state index < -0.39 is 0 Å². The van der Waals surface area contributed by atoms with Crippen LogP contribution in [0, 0.1) is 0 Å². The molecule has 8 heteroatoms. The van der Waals surface area contributed by atoms with Crippen molar-refractivity contribution in [1.82, 2.24) is 29.9 Å². The van der Waals surface area contributed by atoms with Gasteiger partial charge in [0.1, 0.15) is 0 Å². The van der Waals surface area contributed by atoms with E-state index in [-0.39, 0.29) is 0 Å². The second-order valence-electron chi connectivity index (χ2n) is 13.5. The van der Waals surface area contributed by atoms with Crippen LogP contribution in [0.3, 0.4) is 0 Å². The van der Waals surface area contributed by atoms with Crippen molar-refractivity contribution in [2.24, 2.45) is 0 Å². The van der Waals surface area contributed by atoms with Gasteiger partial charge in [-0.25, -0.2) is 29.9 Å². The molecule has 11 aromatic rings. The van der Waals surface area contributed by atoms with E-state index in [1.54, 1.807) is 22.7 Å². The van der Waals surface area contributed by atoms with Crippen molar-refractivity contribution < 1.29 is 0 Å². The lowest BCUT2D eigenvalue weighted by Gasteiger charge is -2.11. The predicted octanol–water partition coefficient (Wildman–Crippen LogP) is 12.8. The molecule has 4 heterocycles. The molecular formula is C48H28N6S2. The molecule has 4 aromatic heterocycles. The highest BCUT2D eigenvalue weighted by atomic mass is 32.1. The minimum absolute atomic E-state index is 0.627. The minimum atomic E-state index is 0.627. The average Bonchev–Trinajstić information content (AvgIpc) is 3.85. The molecule has 56 heavy (non-hydrogen) atoms. The molecule has 6 nitrogen and oxygen atoms in total. The van der Waals surface area contributed by atoms with E-state index in [2.05, 4.69) is 91.0 Å². The van der Waals surface area contributed by atoms with E-state index in [1.165, 1.54) is 20.2 Å². The van der Waals surface area contributed by atoms with Crippen LogP contribution in [0.2, 0.25) is 0 Å². The summed E-state index contributed by atoms with van der Waals surface area (Å²) in [6.45, 7) is 0. The molecule has 262 valence electrons. The molecule has 0 aliphatic heterocycles. The maximum Gasteiger partial charge on any atom is 0.164 e. The number of thiophene rings is 2. The van der Waals surface area contributed by atoms with E-state index in [1.807, 2.05) is 78.9 Å². The molecule has 0 saturated heterocycles. The number of hydrogen-bond acceptors (Lipinski definition) is 8. The first-order valence-electron chi connectivity index (χ1n) is 18.3. The Bertz CT molecular complexity index is 3190. The first-order valence-corrected chi connectivity index (χ1v) is 19.9. The van der Waals surface area contributed by atoms with Crippen LogP contribution in [-0.4, -0.2) is 29.9 Å². The van der Waals surface area contributed by atoms with Gasteiger partial charge in [-0.05, 0) is 24.3 Å². The molecule has 11 rings (SSSR count). The summed E-state index contributed by atoms with van der Waals surface area (Å²) in [5.74, 6) is 3.83. The summed E-state index contributed by atoms with van der Waals surface area (Å²) in [6.07, 6.45) is 0. The number of hydrogen-bond donors (Lipinski definition) is 0. The monoisotopic (exact) mass is 752 g/mol. The number of fused-ring (bicyclic) bond motifs is 6. The smallest absolute Gasteiger partial charge is 0.164 e. The lowest BCUT2D eigenvalue weighted by molar-refractivity contribution is 1.07. The highest BCUT2D eigenvalue weighted by molar-refractivity contribution is 7.26. The van der Waals surface area contributed by atoms with E-state index >= 15 is 0 Å². The summed E-state index contributed by atoms with van der Waals surface area (Å²) < 4.78 is 4.72. The van der Waals surface area contributed by atoms with Gasteiger partial charge in [-0.3, -0.25) is 0 Å². The van der Waals surface area contributed by atoms with Crippen LogP contribution in [0.25, 0.3) is 109 Å². The number of benzene rings is 7. The van der Waals surface area contributed by atoms with Gasteiger partial charge in [0.15, 0.2) is 34.9 Å². The van der Waals surface area contributed by atoms with E-state index in [9.17, 15) is 0 Å². The maximum atomic E-state index is 5.27. The number of aromatic nitrogens is 6. The lowest BCUT2D eigenvalue weighted by Crippen LogP contribution is -2.00. The van der Waals surface area contributed by atoms with Gasteiger partial charge in [0.05, 0.1) is 0 Å². The number of nitrogens with zero attached hydrogens (tertiary/aromatic N) is 6. The van der Waals surface area contributed by atoms with Crippen LogP contribution in [-0.2, 0) is 0 Å². The van der Waals surface area contributed by atoms with Gasteiger partial charge < -0.3 is 0 Å². The average molecular weight is 753 g/mol. The molecule has 0 atom stereocenters. The molecule has 0 saturated carbocycles. The van der Waals surface area contributed by atoms with Crippen molar-refractivity contribution in [2.75, 3.05) is 0 Å². The molecule has 0 aliphatic rings. The fraction of sp³-hybridized carbons (Fsp3) is 0. The largest absolute Gasteiger partial charge is 0.208 e. The molecule has 7 aromatic carbocycles. The Morgan fingerprint density at radius 1 is 0.268 bits per heavy atom. The number of rotatable bonds is 6. The molecule has 0 unspecified atom stereocenters. The summed E-state index contributed by atoms with van der Waals surface area (Å²) in [5.41, 5.74) is 5.70. The highest BCUT2D eigenvalue weighted by Gasteiger charge is 2.20. The van der Waals surface area contributed by atoms with Gasteiger partial charge in [0.25, 0.3) is 0 Å². The zero-order valence-electron chi connectivity index (χ0n) is 29.7. The first-order chi connectivity index (χ1) is 27.7. The third kappa shape index (κ3) is 5.62. The molecule has 0 amide bonds. The third-order valence-electron chi connectivity index (χ3n) is 10.0. The van der Waals surface area contributed by atoms with Crippen LogP contribution in [0.1, 0.15) is 0 Å². The van der Waals surface area contributed by atoms with E-state index in [0.717, 1.165) is 53.6 Å². The van der Waals surface area contributed by atoms with Gasteiger partial charge >= 0.3 is 0 Å². The van der Waals surface area contributed by atoms with Crippen LogP contribution < -0.4 is 0 Å². The van der Waals surface area contributed by atoms with Gasteiger partial charge in [0.2, 0.25) is 0 Å². The molecule has 0 fully saturated rings. The van der Waals surface area contributed by atoms with Crippen molar-refractivity contribution in [1.29, 1.82) is 0 Å². The van der Waals surface area contributed by atoms with Crippen LogP contribution >= 0.6 is 22.7 Å². The van der Waals surface area contributed by atoms with Crippen LogP contribution in [0.15, 0.2) is 170 Å². The molecule has 0 radical (unpaired) electrons. The minimum Gasteiger partial charge on any atom is -0.208 e. The van der Waals surface area contributed by atoms with Crippen molar-refractivity contribution in [2.45, 2.75) is 0 Å². The second kappa shape index (κ2) is 13.4. The molecular weight excluding hydrogens is 725 g/mol. The fourth-order valence-corrected chi connectivity index (χ4v) is 9.69. The summed E-state index contributed by atoms with van der Waals surface area (Å²) in [7, 11) is 0. The van der Waals surface area contributed by atoms with Crippen molar-refractivity contribution in [3.63, 3.8) is 0 Å². The van der Waals surface area contributed by atoms with Crippen LogP contribution in [0.4, 0.5) is 0 Å². The van der Waals surface area contributed by atoms with Gasteiger partial charge in [0, 0.05) is 73.7 Å². The Balaban J connectivity index is 1.09. The van der Waals surface area contributed by atoms with E-state index in [0.29, 0.717) is 34.9 Å². The Kier molecular flexibility index (Phi) is 7.75. The third-order valence-corrected chi connectivity index (χ3v) is 12.3. The molecule has 0 spiro atoms. The fourth-order valence-electron chi connectivity index (χ4n) is 7.38. The normalized spacial score (nSPS) is 11.6. The maximum absolute atomic E-state index is 5.27. The Morgan fingerprint density at radius 2 is 0.661 bits per heavy atom. The lowest BCUT2D eigenvalue weighted by atomic mass is 10.0. The van der Waals surface area contributed by atoms with Crippen molar-refractivity contribution in [3.8, 4) is 68.3 Å². The standard InChI is InChI=1S/C48H28N6S2/c1-4-14-29(15-5-1)43-49-44(30-16-6-2-7-17-30)51-46(50-43)32-26-27-34-40(28-32)56-39-25-13-22-36(42(34)39)48-53-45(31-18-8-3-9-19-31)52-47(54-48)35-21-12-24-38-41(35)33-20-10-11-23-37(33)55-38/h1-28H. The summed E-state index contributed by atoms with van der Waals surface area (Å²) >= 11 is 3.54. The molecule has 0 N–H and O–H groups in total. The molecule has 0 aliphatic carbocycles. The predicted molar refractivity (Wildman–Crippen MR) is 232 cm³/mol.